The van der Waals surface area contributed by atoms with Crippen molar-refractivity contribution >= 4 is 11.7 Å². The number of para-hydroxylation sites is 2. The predicted octanol–water partition coefficient (Wildman–Crippen LogP) is 2.82. The SMILES string of the molecule is Nc1ccccc1CCC(=O)OCCOc1ccccc1. The Morgan fingerprint density at radius 2 is 1.67 bits per heavy atom. The molecule has 2 rings (SSSR count). The molecule has 0 aliphatic heterocycles. The number of anilines is 1. The first kappa shape index (κ1) is 14.9. The van der Waals surface area contributed by atoms with Gasteiger partial charge in [0, 0.05) is 12.1 Å². The summed E-state index contributed by atoms with van der Waals surface area (Å²) >= 11 is 0. The maximum absolute atomic E-state index is 11.6. The fraction of sp³-hybridized carbons (Fsp3) is 0.235. The summed E-state index contributed by atoms with van der Waals surface area (Å²) in [6.45, 7) is 0.598. The normalized spacial score (nSPS) is 10.1. The Bertz CT molecular complexity index is 569. The lowest BCUT2D eigenvalue weighted by Crippen LogP contribution is -2.13. The van der Waals surface area contributed by atoms with Crippen LogP contribution >= 0.6 is 0 Å². The number of nitrogens with two attached hydrogens (primary N) is 1. The van der Waals surface area contributed by atoms with Gasteiger partial charge in [-0.25, -0.2) is 0 Å². The average Bonchev–Trinajstić information content (AvgIpc) is 2.52. The Kier molecular flexibility index (Phi) is 5.64. The van der Waals surface area contributed by atoms with Crippen LogP contribution < -0.4 is 10.5 Å². The van der Waals surface area contributed by atoms with Gasteiger partial charge in [0.1, 0.15) is 19.0 Å². The fourth-order valence-electron chi connectivity index (χ4n) is 1.90. The van der Waals surface area contributed by atoms with E-state index in [-0.39, 0.29) is 12.6 Å². The molecular weight excluding hydrogens is 266 g/mol. The number of hydrogen-bond acceptors (Lipinski definition) is 4. The number of benzene rings is 2. The van der Waals surface area contributed by atoms with Gasteiger partial charge in [0.15, 0.2) is 0 Å². The van der Waals surface area contributed by atoms with Crippen molar-refractivity contribution in [2.75, 3.05) is 18.9 Å². The zero-order chi connectivity index (χ0) is 14.9. The first-order valence-corrected chi connectivity index (χ1v) is 6.92. The first-order valence-electron chi connectivity index (χ1n) is 6.92. The topological polar surface area (TPSA) is 61.6 Å². The minimum atomic E-state index is -0.241. The number of carbonyl (C=O) groups is 1. The van der Waals surface area contributed by atoms with Crippen molar-refractivity contribution < 1.29 is 14.3 Å². The van der Waals surface area contributed by atoms with Crippen molar-refractivity contribution in [3.63, 3.8) is 0 Å². The summed E-state index contributed by atoms with van der Waals surface area (Å²) in [6.07, 6.45) is 0.907. The van der Waals surface area contributed by atoms with Crippen LogP contribution in [0.1, 0.15) is 12.0 Å². The van der Waals surface area contributed by atoms with E-state index in [1.165, 1.54) is 0 Å². The van der Waals surface area contributed by atoms with Gasteiger partial charge in [0.2, 0.25) is 0 Å². The number of carbonyl (C=O) groups excluding carboxylic acids is 1. The van der Waals surface area contributed by atoms with E-state index in [9.17, 15) is 4.79 Å². The number of nitrogen functional groups attached to an aromatic ring is 1. The zero-order valence-corrected chi connectivity index (χ0v) is 11.8. The van der Waals surface area contributed by atoms with Crippen molar-refractivity contribution in [3.8, 4) is 5.75 Å². The van der Waals surface area contributed by atoms with Gasteiger partial charge in [-0.2, -0.15) is 0 Å². The molecule has 0 bridgehead atoms. The fourth-order valence-corrected chi connectivity index (χ4v) is 1.90. The van der Waals surface area contributed by atoms with Gasteiger partial charge in [-0.1, -0.05) is 36.4 Å². The van der Waals surface area contributed by atoms with Gasteiger partial charge in [0.05, 0.1) is 0 Å². The molecule has 2 N–H and O–H groups in total. The molecule has 0 radical (unpaired) electrons. The minimum absolute atomic E-state index is 0.241. The standard InChI is InChI=1S/C17H19NO3/c18-16-9-5-4-6-14(16)10-11-17(19)21-13-12-20-15-7-2-1-3-8-15/h1-9H,10-13,18H2. The van der Waals surface area contributed by atoms with E-state index >= 15 is 0 Å². The Morgan fingerprint density at radius 1 is 0.952 bits per heavy atom. The second-order valence-corrected chi connectivity index (χ2v) is 4.58. The Morgan fingerprint density at radius 3 is 2.43 bits per heavy atom. The molecule has 0 fully saturated rings. The zero-order valence-electron chi connectivity index (χ0n) is 11.8. The lowest BCUT2D eigenvalue weighted by Gasteiger charge is -2.08. The molecule has 21 heavy (non-hydrogen) atoms. The van der Waals surface area contributed by atoms with Gasteiger partial charge in [0.25, 0.3) is 0 Å². The molecule has 0 aromatic heterocycles. The van der Waals surface area contributed by atoms with E-state index in [4.69, 9.17) is 15.2 Å². The lowest BCUT2D eigenvalue weighted by molar-refractivity contribution is -0.144. The van der Waals surface area contributed by atoms with Crippen molar-refractivity contribution in [1.29, 1.82) is 0 Å². The molecule has 4 nitrogen and oxygen atoms in total. The van der Waals surface area contributed by atoms with Crippen LogP contribution in [-0.4, -0.2) is 19.2 Å². The summed E-state index contributed by atoms with van der Waals surface area (Å²) in [5.74, 6) is 0.528. The highest BCUT2D eigenvalue weighted by Gasteiger charge is 2.05. The van der Waals surface area contributed by atoms with Crippen molar-refractivity contribution in [3.05, 3.63) is 60.2 Å². The van der Waals surface area contributed by atoms with Crippen molar-refractivity contribution in [2.24, 2.45) is 0 Å². The summed E-state index contributed by atoms with van der Waals surface area (Å²) in [5, 5.41) is 0. The highest BCUT2D eigenvalue weighted by Crippen LogP contribution is 2.13. The van der Waals surface area contributed by atoms with Crippen LogP contribution in [0.25, 0.3) is 0 Å². The van der Waals surface area contributed by atoms with E-state index in [1.54, 1.807) is 0 Å². The van der Waals surface area contributed by atoms with Crippen LogP contribution in [0.2, 0.25) is 0 Å². The predicted molar refractivity (Wildman–Crippen MR) is 82.1 cm³/mol. The molecule has 0 unspecified atom stereocenters. The van der Waals surface area contributed by atoms with E-state index in [0.717, 1.165) is 11.3 Å². The van der Waals surface area contributed by atoms with Crippen LogP contribution in [0.15, 0.2) is 54.6 Å². The van der Waals surface area contributed by atoms with Crippen LogP contribution in [0.3, 0.4) is 0 Å². The number of ether oxygens (including phenoxy) is 2. The molecule has 0 aliphatic carbocycles. The molecular formula is C17H19NO3. The van der Waals surface area contributed by atoms with Crippen LogP contribution in [-0.2, 0) is 16.0 Å². The number of esters is 1. The Balaban J connectivity index is 1.63. The van der Waals surface area contributed by atoms with E-state index < -0.39 is 0 Å². The van der Waals surface area contributed by atoms with E-state index in [2.05, 4.69) is 0 Å². The molecule has 0 aliphatic rings. The molecule has 0 atom stereocenters. The average molecular weight is 285 g/mol. The minimum Gasteiger partial charge on any atom is -0.490 e. The molecule has 0 saturated heterocycles. The first-order chi connectivity index (χ1) is 10.3. The molecule has 0 heterocycles. The molecule has 0 saturated carbocycles. The van der Waals surface area contributed by atoms with Crippen LogP contribution in [0.4, 0.5) is 5.69 Å². The summed E-state index contributed by atoms with van der Waals surface area (Å²) in [7, 11) is 0. The van der Waals surface area contributed by atoms with Crippen LogP contribution in [0.5, 0.6) is 5.75 Å². The molecule has 4 heteroatoms. The summed E-state index contributed by atoms with van der Waals surface area (Å²) in [5.41, 5.74) is 7.49. The third-order valence-corrected chi connectivity index (χ3v) is 3.01. The second kappa shape index (κ2) is 7.94. The molecule has 0 amide bonds. The molecule has 2 aromatic carbocycles. The second-order valence-electron chi connectivity index (χ2n) is 4.58. The quantitative estimate of drug-likeness (QED) is 0.483. The largest absolute Gasteiger partial charge is 0.490 e. The third-order valence-electron chi connectivity index (χ3n) is 3.01. The van der Waals surface area contributed by atoms with Gasteiger partial charge >= 0.3 is 5.97 Å². The lowest BCUT2D eigenvalue weighted by atomic mass is 10.1. The van der Waals surface area contributed by atoms with Gasteiger partial charge < -0.3 is 15.2 Å². The summed E-state index contributed by atoms with van der Waals surface area (Å²) < 4.78 is 10.6. The number of rotatable bonds is 7. The molecule has 110 valence electrons. The Labute approximate surface area is 124 Å². The smallest absolute Gasteiger partial charge is 0.306 e. The van der Waals surface area contributed by atoms with Crippen molar-refractivity contribution in [1.82, 2.24) is 0 Å². The summed E-state index contributed by atoms with van der Waals surface area (Å²) in [6, 6.07) is 17.0. The third kappa shape index (κ3) is 5.18. The maximum Gasteiger partial charge on any atom is 0.306 e. The van der Waals surface area contributed by atoms with Crippen LogP contribution in [0, 0.1) is 0 Å². The highest BCUT2D eigenvalue weighted by atomic mass is 16.6. The number of aryl methyl sites for hydroxylation is 1. The highest BCUT2D eigenvalue weighted by molar-refractivity contribution is 5.70. The molecule has 2 aromatic rings. The van der Waals surface area contributed by atoms with E-state index in [1.807, 2.05) is 54.6 Å². The van der Waals surface area contributed by atoms with Gasteiger partial charge in [-0.15, -0.1) is 0 Å². The monoisotopic (exact) mass is 285 g/mol. The summed E-state index contributed by atoms with van der Waals surface area (Å²) in [4.78, 5) is 11.6. The van der Waals surface area contributed by atoms with Gasteiger partial charge in [-0.3, -0.25) is 4.79 Å². The number of hydrogen-bond donors (Lipinski definition) is 1. The van der Waals surface area contributed by atoms with E-state index in [0.29, 0.717) is 25.1 Å². The molecule has 0 spiro atoms. The maximum atomic E-state index is 11.6. The Hall–Kier alpha value is -2.49. The van der Waals surface area contributed by atoms with Crippen molar-refractivity contribution in [2.45, 2.75) is 12.8 Å². The van der Waals surface area contributed by atoms with Gasteiger partial charge in [-0.05, 0) is 30.2 Å².